The molecular weight excluding hydrogens is 366 g/mol. The van der Waals surface area contributed by atoms with Gasteiger partial charge in [-0.2, -0.15) is 0 Å². The molecule has 7 heteroatoms. The van der Waals surface area contributed by atoms with Crippen LogP contribution in [-0.4, -0.2) is 28.5 Å². The van der Waals surface area contributed by atoms with E-state index in [4.69, 9.17) is 16.1 Å². The van der Waals surface area contributed by atoms with Crippen LogP contribution < -0.4 is 5.32 Å². The molecule has 0 radical (unpaired) electrons. The summed E-state index contributed by atoms with van der Waals surface area (Å²) in [6.07, 6.45) is 2.49. The summed E-state index contributed by atoms with van der Waals surface area (Å²) >= 11 is 5.89. The van der Waals surface area contributed by atoms with Gasteiger partial charge in [0.15, 0.2) is 0 Å². The fourth-order valence-corrected chi connectivity index (χ4v) is 2.78. The molecule has 0 unspecified atom stereocenters. The number of rotatable bonds is 7. The van der Waals surface area contributed by atoms with Crippen molar-refractivity contribution in [1.29, 1.82) is 0 Å². The minimum absolute atomic E-state index is 0.275. The van der Waals surface area contributed by atoms with E-state index in [1.807, 2.05) is 30.3 Å². The van der Waals surface area contributed by atoms with Gasteiger partial charge >= 0.3 is 0 Å². The Hall–Kier alpha value is -3.12. The molecule has 0 aliphatic rings. The quantitative estimate of drug-likeness (QED) is 0.274. The largest absolute Gasteiger partial charge is 0.411 e. The molecule has 3 aromatic rings. The Labute approximate surface area is 161 Å². The number of halogens is 1. The van der Waals surface area contributed by atoms with E-state index in [0.717, 1.165) is 11.1 Å². The lowest BCUT2D eigenvalue weighted by molar-refractivity contribution is 0.0953. The smallest absolute Gasteiger partial charge is 0.256 e. The predicted octanol–water partition coefficient (Wildman–Crippen LogP) is 4.38. The maximum atomic E-state index is 12.4. The number of hydrogen-bond acceptors (Lipinski definition) is 5. The van der Waals surface area contributed by atoms with Gasteiger partial charge < -0.3 is 15.0 Å². The van der Waals surface area contributed by atoms with Crippen molar-refractivity contribution < 1.29 is 14.5 Å². The zero-order valence-electron chi connectivity index (χ0n) is 14.4. The Kier molecular flexibility index (Phi) is 6.22. The van der Waals surface area contributed by atoms with E-state index < -0.39 is 0 Å². The van der Waals surface area contributed by atoms with E-state index >= 15 is 0 Å². The molecule has 2 N–H and O–H groups in total. The third-order valence-electron chi connectivity index (χ3n) is 4.04. The Morgan fingerprint density at radius 2 is 1.89 bits per heavy atom. The Morgan fingerprint density at radius 3 is 2.59 bits per heavy atom. The van der Waals surface area contributed by atoms with E-state index in [2.05, 4.69) is 15.6 Å². The van der Waals surface area contributed by atoms with Crippen molar-refractivity contribution in [2.45, 2.75) is 12.8 Å². The van der Waals surface area contributed by atoms with E-state index in [0.29, 0.717) is 41.4 Å². The predicted molar refractivity (Wildman–Crippen MR) is 103 cm³/mol. The summed E-state index contributed by atoms with van der Waals surface area (Å²) in [6.45, 7) is 0.427. The maximum absolute atomic E-state index is 12.4. The number of hydrogen-bond donors (Lipinski definition) is 2. The molecule has 0 aliphatic heterocycles. The van der Waals surface area contributed by atoms with Crippen molar-refractivity contribution in [2.75, 3.05) is 6.54 Å². The number of carbonyl (C=O) groups excluding carboxylic acids is 1. The molecule has 3 rings (SSSR count). The van der Waals surface area contributed by atoms with Gasteiger partial charge in [0.05, 0.1) is 5.71 Å². The fraction of sp³-hybridized carbons (Fsp3) is 0.150. The second-order valence-corrected chi connectivity index (χ2v) is 6.29. The molecule has 0 fully saturated rings. The van der Waals surface area contributed by atoms with Crippen molar-refractivity contribution in [3.05, 3.63) is 77.0 Å². The number of aromatic nitrogens is 1. The molecule has 0 saturated carbocycles. The summed E-state index contributed by atoms with van der Waals surface area (Å²) in [5.74, 6) is -0.275. The highest BCUT2D eigenvalue weighted by atomic mass is 35.5. The topological polar surface area (TPSA) is 87.7 Å². The molecule has 1 aromatic heterocycles. The van der Waals surface area contributed by atoms with Gasteiger partial charge in [-0.1, -0.05) is 64.4 Å². The van der Waals surface area contributed by atoms with Crippen LogP contribution in [0.5, 0.6) is 0 Å². The maximum Gasteiger partial charge on any atom is 0.256 e. The molecular formula is C20H18ClN3O3. The first-order valence-electron chi connectivity index (χ1n) is 8.44. The van der Waals surface area contributed by atoms with Crippen LogP contribution in [-0.2, 0) is 0 Å². The fourth-order valence-electron chi connectivity index (χ4n) is 2.65. The van der Waals surface area contributed by atoms with Crippen molar-refractivity contribution in [3.8, 4) is 11.3 Å². The molecule has 1 amide bonds. The molecule has 0 bridgehead atoms. The Morgan fingerprint density at radius 1 is 1.15 bits per heavy atom. The molecule has 0 saturated heterocycles. The van der Waals surface area contributed by atoms with Crippen molar-refractivity contribution in [2.24, 2.45) is 5.16 Å². The third-order valence-corrected chi connectivity index (χ3v) is 4.29. The van der Waals surface area contributed by atoms with E-state index in [-0.39, 0.29) is 5.91 Å². The average molecular weight is 384 g/mol. The minimum atomic E-state index is -0.275. The standard InChI is InChI=1S/C20H18ClN3O3/c21-16-10-8-15(9-11-16)19-17(13-27-24-19)20(25)22-12-4-7-18(23-26)14-5-2-1-3-6-14/h1-3,5-6,8-11,13,26H,4,7,12H2,(H,22,25)/b23-18-. The third kappa shape index (κ3) is 4.74. The summed E-state index contributed by atoms with van der Waals surface area (Å²) in [7, 11) is 0. The molecule has 0 spiro atoms. The molecule has 0 aliphatic carbocycles. The number of nitrogens with one attached hydrogen (secondary N) is 1. The number of carbonyl (C=O) groups is 1. The minimum Gasteiger partial charge on any atom is -0.411 e. The molecule has 2 aromatic carbocycles. The average Bonchev–Trinajstić information content (AvgIpc) is 3.19. The lowest BCUT2D eigenvalue weighted by Gasteiger charge is -2.07. The lowest BCUT2D eigenvalue weighted by Crippen LogP contribution is -2.25. The van der Waals surface area contributed by atoms with Gasteiger partial charge in [0.25, 0.3) is 5.91 Å². The SMILES string of the molecule is O=C(NCCC/C(=N/O)c1ccccc1)c1conc1-c1ccc(Cl)cc1. The zero-order chi connectivity index (χ0) is 19.1. The van der Waals surface area contributed by atoms with Gasteiger partial charge in [0.1, 0.15) is 17.5 Å². The number of oxime groups is 1. The normalized spacial score (nSPS) is 11.4. The Balaban J connectivity index is 1.56. The highest BCUT2D eigenvalue weighted by Crippen LogP contribution is 2.23. The molecule has 1 heterocycles. The second kappa shape index (κ2) is 9.00. The molecule has 27 heavy (non-hydrogen) atoms. The van der Waals surface area contributed by atoms with E-state index in [1.165, 1.54) is 6.26 Å². The van der Waals surface area contributed by atoms with Crippen molar-refractivity contribution in [3.63, 3.8) is 0 Å². The first kappa shape index (κ1) is 18.7. The molecule has 0 atom stereocenters. The Bertz CT molecular complexity index is 921. The van der Waals surface area contributed by atoms with Gasteiger partial charge in [-0.15, -0.1) is 0 Å². The van der Waals surface area contributed by atoms with Crippen LogP contribution in [0.15, 0.2) is 70.5 Å². The second-order valence-electron chi connectivity index (χ2n) is 5.86. The number of amides is 1. The zero-order valence-corrected chi connectivity index (χ0v) is 15.2. The van der Waals surface area contributed by atoms with E-state index in [9.17, 15) is 10.0 Å². The van der Waals surface area contributed by atoms with Gasteiger partial charge in [-0.05, 0) is 30.5 Å². The highest BCUT2D eigenvalue weighted by molar-refractivity contribution is 6.30. The van der Waals surface area contributed by atoms with Crippen LogP contribution in [0.1, 0.15) is 28.8 Å². The van der Waals surface area contributed by atoms with Gasteiger partial charge in [0.2, 0.25) is 0 Å². The van der Waals surface area contributed by atoms with Crippen LogP contribution in [0.3, 0.4) is 0 Å². The van der Waals surface area contributed by atoms with Crippen LogP contribution in [0.25, 0.3) is 11.3 Å². The summed E-state index contributed by atoms with van der Waals surface area (Å²) in [5.41, 5.74) is 3.01. The van der Waals surface area contributed by atoms with Crippen molar-refractivity contribution in [1.82, 2.24) is 10.5 Å². The number of benzene rings is 2. The van der Waals surface area contributed by atoms with E-state index in [1.54, 1.807) is 24.3 Å². The van der Waals surface area contributed by atoms with Crippen molar-refractivity contribution >= 4 is 23.2 Å². The molecule has 138 valence electrons. The molecule has 6 nitrogen and oxygen atoms in total. The van der Waals surface area contributed by atoms with Crippen LogP contribution in [0, 0.1) is 0 Å². The van der Waals surface area contributed by atoms with Gasteiger partial charge in [-0.25, -0.2) is 0 Å². The lowest BCUT2D eigenvalue weighted by atomic mass is 10.1. The monoisotopic (exact) mass is 383 g/mol. The first-order valence-corrected chi connectivity index (χ1v) is 8.81. The number of nitrogens with zero attached hydrogens (tertiary/aromatic N) is 2. The van der Waals surface area contributed by atoms with Gasteiger partial charge in [-0.3, -0.25) is 4.79 Å². The van der Waals surface area contributed by atoms with Crippen LogP contribution in [0.2, 0.25) is 5.02 Å². The summed E-state index contributed by atoms with van der Waals surface area (Å²) in [6, 6.07) is 16.4. The highest BCUT2D eigenvalue weighted by Gasteiger charge is 2.17. The summed E-state index contributed by atoms with van der Waals surface area (Å²) in [5, 5.41) is 19.9. The summed E-state index contributed by atoms with van der Waals surface area (Å²) in [4.78, 5) is 12.4. The van der Waals surface area contributed by atoms with Crippen LogP contribution in [0.4, 0.5) is 0 Å². The first-order chi connectivity index (χ1) is 13.2. The summed E-state index contributed by atoms with van der Waals surface area (Å²) < 4.78 is 4.98. The van der Waals surface area contributed by atoms with Gasteiger partial charge in [0, 0.05) is 17.1 Å². The van der Waals surface area contributed by atoms with Crippen LogP contribution >= 0.6 is 11.6 Å².